The molecule has 0 saturated heterocycles. The van der Waals surface area contributed by atoms with E-state index < -0.39 is 0 Å². The third kappa shape index (κ3) is 5.73. The molecule has 154 valence electrons. The molecule has 2 aromatic heterocycles. The summed E-state index contributed by atoms with van der Waals surface area (Å²) in [6, 6.07) is 15.4. The summed E-state index contributed by atoms with van der Waals surface area (Å²) >= 11 is 0. The monoisotopic (exact) mass is 406 g/mol. The van der Waals surface area contributed by atoms with Crippen LogP contribution < -0.4 is 9.13 Å². The first-order valence-corrected chi connectivity index (χ1v) is 9.99. The number of carbonyl (C=O) groups is 2. The zero-order valence-electron chi connectivity index (χ0n) is 17.3. The topological polar surface area (TPSA) is 60.4 Å². The normalized spacial score (nSPS) is 10.5. The molecule has 6 heteroatoms. The molecule has 0 bridgehead atoms. The molecule has 0 saturated carbocycles. The molecule has 0 unspecified atom stereocenters. The largest absolute Gasteiger partial charge is 0.462 e. The maximum atomic E-state index is 11.9. The van der Waals surface area contributed by atoms with Crippen molar-refractivity contribution in [2.45, 2.75) is 26.9 Å². The Kier molecular flexibility index (Phi) is 7.27. The zero-order chi connectivity index (χ0) is 21.3. The van der Waals surface area contributed by atoms with Gasteiger partial charge in [0.15, 0.2) is 37.9 Å². The molecule has 0 atom stereocenters. The molecule has 3 aromatic rings. The standard InChI is InChI=1S/C24H26N2O4/c1-3-29-23(27)21-7-5-13-25(17-21)15-19-9-11-20(12-10-19)16-26-14-6-8-22(18-26)24(28)30-4-2/h5-14,17-18H,3-4,15-16H2,1-2H3/q+2. The number of ether oxygens (including phenoxy) is 2. The van der Waals surface area contributed by atoms with Crippen molar-refractivity contribution in [2.75, 3.05) is 13.2 Å². The Morgan fingerprint density at radius 3 is 1.47 bits per heavy atom. The lowest BCUT2D eigenvalue weighted by atomic mass is 10.1. The molecule has 30 heavy (non-hydrogen) atoms. The molecule has 1 aromatic carbocycles. The number of rotatable bonds is 8. The molecule has 0 aliphatic heterocycles. The van der Waals surface area contributed by atoms with E-state index in [1.165, 1.54) is 0 Å². The Bertz CT molecular complexity index is 933. The Morgan fingerprint density at radius 2 is 1.10 bits per heavy atom. The second kappa shape index (κ2) is 10.3. The van der Waals surface area contributed by atoms with Crippen molar-refractivity contribution < 1.29 is 28.2 Å². The molecule has 0 spiro atoms. The fourth-order valence-corrected chi connectivity index (χ4v) is 3.08. The number of hydrogen-bond acceptors (Lipinski definition) is 4. The van der Waals surface area contributed by atoms with Gasteiger partial charge in [-0.3, -0.25) is 0 Å². The lowest BCUT2D eigenvalue weighted by molar-refractivity contribution is -0.689. The van der Waals surface area contributed by atoms with Crippen molar-refractivity contribution in [3.05, 3.63) is 95.6 Å². The SMILES string of the molecule is CCOC(=O)c1ccc[n+](Cc2ccc(C[n+]3cccc(C(=O)OCC)c3)cc2)c1. The highest BCUT2D eigenvalue weighted by atomic mass is 16.5. The van der Waals surface area contributed by atoms with Gasteiger partial charge in [-0.15, -0.1) is 0 Å². The number of hydrogen-bond donors (Lipinski definition) is 0. The van der Waals surface area contributed by atoms with Crippen LogP contribution in [-0.4, -0.2) is 25.2 Å². The number of aromatic nitrogens is 2. The minimum absolute atomic E-state index is 0.315. The van der Waals surface area contributed by atoms with Gasteiger partial charge >= 0.3 is 11.9 Å². The first-order valence-electron chi connectivity index (χ1n) is 9.99. The van der Waals surface area contributed by atoms with Gasteiger partial charge in [0.05, 0.1) is 13.2 Å². The van der Waals surface area contributed by atoms with Crippen molar-refractivity contribution in [1.29, 1.82) is 0 Å². The van der Waals surface area contributed by atoms with Gasteiger partial charge in [0, 0.05) is 23.3 Å². The quantitative estimate of drug-likeness (QED) is 0.426. The Labute approximate surface area is 176 Å². The highest BCUT2D eigenvalue weighted by molar-refractivity contribution is 5.89. The number of benzene rings is 1. The predicted molar refractivity (Wildman–Crippen MR) is 110 cm³/mol. The molecule has 6 nitrogen and oxygen atoms in total. The first kappa shape index (κ1) is 21.2. The Hall–Kier alpha value is -3.54. The average Bonchev–Trinajstić information content (AvgIpc) is 2.76. The minimum Gasteiger partial charge on any atom is -0.462 e. The summed E-state index contributed by atoms with van der Waals surface area (Å²) in [5, 5.41) is 0. The molecule has 0 fully saturated rings. The summed E-state index contributed by atoms with van der Waals surface area (Å²) in [6.45, 7) is 5.60. The van der Waals surface area contributed by atoms with Gasteiger partial charge in [0.1, 0.15) is 11.1 Å². The summed E-state index contributed by atoms with van der Waals surface area (Å²) < 4.78 is 14.0. The zero-order valence-corrected chi connectivity index (χ0v) is 17.3. The molecule has 0 N–H and O–H groups in total. The van der Waals surface area contributed by atoms with Gasteiger partial charge in [-0.2, -0.15) is 9.13 Å². The third-order valence-electron chi connectivity index (χ3n) is 4.49. The van der Waals surface area contributed by atoms with Crippen LogP contribution in [0.1, 0.15) is 45.7 Å². The van der Waals surface area contributed by atoms with Crippen LogP contribution in [0.15, 0.2) is 73.3 Å². The van der Waals surface area contributed by atoms with E-state index in [-0.39, 0.29) is 11.9 Å². The van der Waals surface area contributed by atoms with E-state index in [1.54, 1.807) is 38.4 Å². The molecular weight excluding hydrogens is 380 g/mol. The van der Waals surface area contributed by atoms with Gasteiger partial charge in [0.2, 0.25) is 0 Å². The van der Waals surface area contributed by atoms with Gasteiger partial charge in [-0.25, -0.2) is 9.59 Å². The molecule has 0 aliphatic carbocycles. The molecule has 2 heterocycles. The average molecular weight is 406 g/mol. The van der Waals surface area contributed by atoms with Crippen LogP contribution in [0.2, 0.25) is 0 Å². The fraction of sp³-hybridized carbons (Fsp3) is 0.250. The summed E-state index contributed by atoms with van der Waals surface area (Å²) in [7, 11) is 0. The van der Waals surface area contributed by atoms with Crippen LogP contribution in [0.25, 0.3) is 0 Å². The summed E-state index contributed by atoms with van der Waals surface area (Å²) in [5.74, 6) is -0.631. The lowest BCUT2D eigenvalue weighted by Gasteiger charge is -2.04. The molecule has 0 radical (unpaired) electrons. The van der Waals surface area contributed by atoms with Crippen LogP contribution >= 0.6 is 0 Å². The van der Waals surface area contributed by atoms with E-state index in [1.807, 2.05) is 33.7 Å². The van der Waals surface area contributed by atoms with Crippen molar-refractivity contribution >= 4 is 11.9 Å². The fourth-order valence-electron chi connectivity index (χ4n) is 3.08. The van der Waals surface area contributed by atoms with Crippen LogP contribution in [0.4, 0.5) is 0 Å². The van der Waals surface area contributed by atoms with E-state index in [2.05, 4.69) is 24.3 Å². The van der Waals surface area contributed by atoms with Crippen LogP contribution in [-0.2, 0) is 22.6 Å². The van der Waals surface area contributed by atoms with E-state index in [9.17, 15) is 9.59 Å². The van der Waals surface area contributed by atoms with E-state index in [0.717, 1.165) is 11.1 Å². The van der Waals surface area contributed by atoms with Crippen LogP contribution in [0.5, 0.6) is 0 Å². The molecule has 3 rings (SSSR count). The summed E-state index contributed by atoms with van der Waals surface area (Å²) in [5.41, 5.74) is 3.31. The second-order valence-electron chi connectivity index (χ2n) is 6.79. The predicted octanol–water partition coefficient (Wildman–Crippen LogP) is 2.71. The Balaban J connectivity index is 1.66. The summed E-state index contributed by atoms with van der Waals surface area (Å²) in [6.07, 6.45) is 7.44. The Morgan fingerprint density at radius 1 is 0.700 bits per heavy atom. The van der Waals surface area contributed by atoms with E-state index in [0.29, 0.717) is 37.4 Å². The number of esters is 2. The van der Waals surface area contributed by atoms with Crippen molar-refractivity contribution in [1.82, 2.24) is 0 Å². The molecular formula is C24H26N2O4+2. The number of pyridine rings is 2. The van der Waals surface area contributed by atoms with E-state index in [4.69, 9.17) is 9.47 Å². The maximum Gasteiger partial charge on any atom is 0.344 e. The van der Waals surface area contributed by atoms with Gasteiger partial charge in [0.25, 0.3) is 0 Å². The van der Waals surface area contributed by atoms with Crippen LogP contribution in [0, 0.1) is 0 Å². The maximum absolute atomic E-state index is 11.9. The van der Waals surface area contributed by atoms with Gasteiger partial charge < -0.3 is 9.47 Å². The number of carbonyl (C=O) groups excluding carboxylic acids is 2. The van der Waals surface area contributed by atoms with Crippen molar-refractivity contribution in [2.24, 2.45) is 0 Å². The smallest absolute Gasteiger partial charge is 0.344 e. The lowest BCUT2D eigenvalue weighted by Crippen LogP contribution is -2.35. The van der Waals surface area contributed by atoms with E-state index >= 15 is 0 Å². The second-order valence-corrected chi connectivity index (χ2v) is 6.79. The third-order valence-corrected chi connectivity index (χ3v) is 4.49. The van der Waals surface area contributed by atoms with Crippen LogP contribution in [0.3, 0.4) is 0 Å². The van der Waals surface area contributed by atoms with Crippen molar-refractivity contribution in [3.8, 4) is 0 Å². The highest BCUT2D eigenvalue weighted by Crippen LogP contribution is 2.06. The van der Waals surface area contributed by atoms with Gasteiger partial charge in [-0.05, 0) is 26.0 Å². The summed E-state index contributed by atoms with van der Waals surface area (Å²) in [4.78, 5) is 23.8. The number of nitrogens with zero attached hydrogens (tertiary/aromatic N) is 2. The molecule has 0 aliphatic rings. The first-order chi connectivity index (χ1) is 14.6. The highest BCUT2D eigenvalue weighted by Gasteiger charge is 2.13. The van der Waals surface area contributed by atoms with Crippen molar-refractivity contribution in [3.63, 3.8) is 0 Å². The minimum atomic E-state index is -0.315. The van der Waals surface area contributed by atoms with Gasteiger partial charge in [-0.1, -0.05) is 24.3 Å². The molecule has 0 amide bonds.